The second-order valence-corrected chi connectivity index (χ2v) is 5.36. The average molecular weight is 315 g/mol. The number of nitrogens with one attached hydrogen (secondary N) is 1. The number of phenols is 1. The smallest absolute Gasteiger partial charge is 0.172 e. The summed E-state index contributed by atoms with van der Waals surface area (Å²) >= 11 is 3.36. The zero-order chi connectivity index (χ0) is 13.1. The van der Waals surface area contributed by atoms with Crippen LogP contribution in [0.15, 0.2) is 16.6 Å². The van der Waals surface area contributed by atoms with Gasteiger partial charge in [0.2, 0.25) is 0 Å². The Morgan fingerprint density at radius 2 is 2.22 bits per heavy atom. The highest BCUT2D eigenvalue weighted by atomic mass is 79.9. The molecule has 0 amide bonds. The highest BCUT2D eigenvalue weighted by Crippen LogP contribution is 2.35. The Balaban J connectivity index is 2.14. The number of methoxy groups -OCH3 is 1. The molecule has 4 nitrogen and oxygen atoms in total. The van der Waals surface area contributed by atoms with E-state index in [1.165, 1.54) is 0 Å². The van der Waals surface area contributed by atoms with Gasteiger partial charge >= 0.3 is 0 Å². The molecule has 18 heavy (non-hydrogen) atoms. The van der Waals surface area contributed by atoms with E-state index in [1.54, 1.807) is 7.11 Å². The molecule has 0 unspecified atom stereocenters. The molecule has 1 aliphatic heterocycles. The highest BCUT2D eigenvalue weighted by molar-refractivity contribution is 9.10. The summed E-state index contributed by atoms with van der Waals surface area (Å²) in [5.41, 5.74) is 1.14. The molecule has 1 saturated heterocycles. The van der Waals surface area contributed by atoms with Gasteiger partial charge in [-0.25, -0.2) is 0 Å². The molecule has 1 aromatic rings. The standard InChI is InChI=1S/C13H19BrN2O2/c1-3-16(10-6-15-7-10)8-9-4-11(14)13(17)12(5-9)18-2/h4-5,10,15,17H,3,6-8H2,1-2H3. The predicted molar refractivity (Wildman–Crippen MR) is 75.1 cm³/mol. The van der Waals surface area contributed by atoms with Crippen molar-refractivity contribution >= 4 is 15.9 Å². The Labute approximate surface area is 116 Å². The highest BCUT2D eigenvalue weighted by Gasteiger charge is 2.23. The minimum absolute atomic E-state index is 0.162. The van der Waals surface area contributed by atoms with Gasteiger partial charge in [-0.1, -0.05) is 6.92 Å². The number of ether oxygens (including phenoxy) is 1. The lowest BCUT2D eigenvalue weighted by Crippen LogP contribution is -2.56. The fourth-order valence-electron chi connectivity index (χ4n) is 2.14. The lowest BCUT2D eigenvalue weighted by molar-refractivity contribution is 0.145. The van der Waals surface area contributed by atoms with Crippen molar-refractivity contribution in [2.24, 2.45) is 0 Å². The van der Waals surface area contributed by atoms with Crippen molar-refractivity contribution in [3.8, 4) is 11.5 Å². The first-order valence-corrected chi connectivity index (χ1v) is 6.95. The maximum Gasteiger partial charge on any atom is 0.172 e. The van der Waals surface area contributed by atoms with Crippen molar-refractivity contribution < 1.29 is 9.84 Å². The van der Waals surface area contributed by atoms with E-state index in [-0.39, 0.29) is 5.75 Å². The first-order chi connectivity index (χ1) is 8.65. The third kappa shape index (κ3) is 2.79. The van der Waals surface area contributed by atoms with Gasteiger partial charge in [-0.05, 0) is 40.2 Å². The van der Waals surface area contributed by atoms with Gasteiger partial charge in [-0.3, -0.25) is 4.90 Å². The van der Waals surface area contributed by atoms with E-state index in [4.69, 9.17) is 4.74 Å². The zero-order valence-electron chi connectivity index (χ0n) is 10.7. The van der Waals surface area contributed by atoms with Gasteiger partial charge in [0.25, 0.3) is 0 Å². The van der Waals surface area contributed by atoms with Gasteiger partial charge in [0.05, 0.1) is 11.6 Å². The minimum atomic E-state index is 0.162. The van der Waals surface area contributed by atoms with E-state index >= 15 is 0 Å². The lowest BCUT2D eigenvalue weighted by atomic mass is 10.1. The van der Waals surface area contributed by atoms with Crippen molar-refractivity contribution in [1.29, 1.82) is 0 Å². The summed E-state index contributed by atoms with van der Waals surface area (Å²) in [6.45, 7) is 6.19. The molecule has 0 spiro atoms. The summed E-state index contributed by atoms with van der Waals surface area (Å²) in [5.74, 6) is 0.678. The topological polar surface area (TPSA) is 44.7 Å². The number of phenolic OH excluding ortho intramolecular Hbond substituents is 1. The zero-order valence-corrected chi connectivity index (χ0v) is 12.3. The Morgan fingerprint density at radius 1 is 1.50 bits per heavy atom. The fourth-order valence-corrected chi connectivity index (χ4v) is 2.63. The molecule has 1 aliphatic rings. The van der Waals surface area contributed by atoms with Gasteiger partial charge in [0, 0.05) is 25.7 Å². The Hall–Kier alpha value is -0.780. The van der Waals surface area contributed by atoms with Crippen LogP contribution in [0.1, 0.15) is 12.5 Å². The summed E-state index contributed by atoms with van der Waals surface area (Å²) in [6, 6.07) is 4.47. The van der Waals surface area contributed by atoms with Crippen LogP contribution in [0.2, 0.25) is 0 Å². The molecule has 5 heteroatoms. The number of halogens is 1. The van der Waals surface area contributed by atoms with E-state index in [9.17, 15) is 5.11 Å². The third-order valence-electron chi connectivity index (χ3n) is 3.38. The lowest BCUT2D eigenvalue weighted by Gasteiger charge is -2.37. The molecule has 0 aliphatic carbocycles. The second kappa shape index (κ2) is 5.91. The third-order valence-corrected chi connectivity index (χ3v) is 3.98. The van der Waals surface area contributed by atoms with Crippen molar-refractivity contribution in [1.82, 2.24) is 10.2 Å². The maximum absolute atomic E-state index is 9.78. The Morgan fingerprint density at radius 3 is 2.72 bits per heavy atom. The fraction of sp³-hybridized carbons (Fsp3) is 0.538. The van der Waals surface area contributed by atoms with Crippen LogP contribution in [0.3, 0.4) is 0 Å². The van der Waals surface area contributed by atoms with E-state index in [0.717, 1.165) is 31.7 Å². The summed E-state index contributed by atoms with van der Waals surface area (Å²) in [7, 11) is 1.57. The molecule has 1 aromatic carbocycles. The van der Waals surface area contributed by atoms with Gasteiger partial charge in [0.1, 0.15) is 0 Å². The number of hydrogen-bond acceptors (Lipinski definition) is 4. The molecular formula is C13H19BrN2O2. The predicted octanol–water partition coefficient (Wildman–Crippen LogP) is 1.96. The summed E-state index contributed by atoms with van der Waals surface area (Å²) in [5, 5.41) is 13.1. The number of likely N-dealkylation sites (N-methyl/N-ethyl adjacent to an activating group) is 1. The molecule has 0 aromatic heterocycles. The molecule has 1 heterocycles. The normalized spacial score (nSPS) is 15.8. The molecule has 1 fully saturated rings. The van der Waals surface area contributed by atoms with Gasteiger partial charge in [0.15, 0.2) is 11.5 Å². The molecule has 0 atom stereocenters. The Bertz CT molecular complexity index is 422. The van der Waals surface area contributed by atoms with Gasteiger partial charge in [-0.2, -0.15) is 0 Å². The SMILES string of the molecule is CCN(Cc1cc(Br)c(O)c(OC)c1)C1CNC1. The molecule has 100 valence electrons. The van der Waals surface area contributed by atoms with Gasteiger partial charge in [-0.15, -0.1) is 0 Å². The number of aromatic hydroxyl groups is 1. The maximum atomic E-state index is 9.78. The van der Waals surface area contributed by atoms with Crippen LogP contribution in [-0.4, -0.2) is 42.8 Å². The van der Waals surface area contributed by atoms with Crippen LogP contribution < -0.4 is 10.1 Å². The van der Waals surface area contributed by atoms with Crippen molar-refractivity contribution in [3.63, 3.8) is 0 Å². The second-order valence-electron chi connectivity index (χ2n) is 4.50. The van der Waals surface area contributed by atoms with Crippen molar-refractivity contribution in [2.75, 3.05) is 26.7 Å². The molecule has 2 N–H and O–H groups in total. The Kier molecular flexibility index (Phi) is 4.48. The molecule has 2 rings (SSSR count). The van der Waals surface area contributed by atoms with Crippen LogP contribution in [0.25, 0.3) is 0 Å². The monoisotopic (exact) mass is 314 g/mol. The van der Waals surface area contributed by atoms with Crippen LogP contribution in [0.4, 0.5) is 0 Å². The number of nitrogens with zero attached hydrogens (tertiary/aromatic N) is 1. The molecule has 0 radical (unpaired) electrons. The first kappa shape index (κ1) is 13.6. The largest absolute Gasteiger partial charge is 0.503 e. The van der Waals surface area contributed by atoms with E-state index in [1.807, 2.05) is 12.1 Å². The summed E-state index contributed by atoms with van der Waals surface area (Å²) in [6.07, 6.45) is 0. The summed E-state index contributed by atoms with van der Waals surface area (Å²) < 4.78 is 5.85. The van der Waals surface area contributed by atoms with E-state index < -0.39 is 0 Å². The minimum Gasteiger partial charge on any atom is -0.503 e. The quantitative estimate of drug-likeness (QED) is 0.872. The first-order valence-electron chi connectivity index (χ1n) is 6.15. The van der Waals surface area contributed by atoms with Crippen molar-refractivity contribution in [2.45, 2.75) is 19.5 Å². The van der Waals surface area contributed by atoms with Crippen LogP contribution in [-0.2, 0) is 6.54 Å². The number of hydrogen-bond donors (Lipinski definition) is 2. The average Bonchev–Trinajstić information content (AvgIpc) is 2.30. The van der Waals surface area contributed by atoms with Gasteiger partial charge < -0.3 is 15.2 Å². The number of benzene rings is 1. The molecule has 0 bridgehead atoms. The number of rotatable bonds is 5. The van der Waals surface area contributed by atoms with Crippen LogP contribution in [0, 0.1) is 0 Å². The van der Waals surface area contributed by atoms with Crippen LogP contribution >= 0.6 is 15.9 Å². The molecule has 0 saturated carbocycles. The molecular weight excluding hydrogens is 296 g/mol. The van der Waals surface area contributed by atoms with E-state index in [0.29, 0.717) is 16.3 Å². The van der Waals surface area contributed by atoms with E-state index in [2.05, 4.69) is 33.1 Å². The van der Waals surface area contributed by atoms with Crippen molar-refractivity contribution in [3.05, 3.63) is 22.2 Å². The summed E-state index contributed by atoms with van der Waals surface area (Å²) in [4.78, 5) is 2.43. The van der Waals surface area contributed by atoms with Crippen LogP contribution in [0.5, 0.6) is 11.5 Å².